The minimum absolute atomic E-state index is 0.888. The van der Waals surface area contributed by atoms with Crippen molar-refractivity contribution >= 4 is 34.6 Å². The van der Waals surface area contributed by atoms with Crippen molar-refractivity contribution < 1.29 is 0 Å². The van der Waals surface area contributed by atoms with E-state index in [1.54, 1.807) is 11.8 Å². The number of hydrogen-bond acceptors (Lipinski definition) is 5. The summed E-state index contributed by atoms with van der Waals surface area (Å²) in [6.45, 7) is 4.43. The predicted molar refractivity (Wildman–Crippen MR) is 149 cm³/mol. The Balaban J connectivity index is 1.45. The van der Waals surface area contributed by atoms with E-state index >= 15 is 0 Å². The molecular weight excluding hydrogens is 448 g/mol. The summed E-state index contributed by atoms with van der Waals surface area (Å²) in [5.74, 6) is 0. The maximum absolute atomic E-state index is 4.98. The lowest BCUT2D eigenvalue weighted by Gasteiger charge is -2.13. The van der Waals surface area contributed by atoms with Gasteiger partial charge in [0.1, 0.15) is 0 Å². The third kappa shape index (κ3) is 4.47. The Hall–Kier alpha value is -3.83. The molecule has 0 radical (unpaired) electrons. The highest BCUT2D eigenvalue weighted by molar-refractivity contribution is 8.04. The van der Waals surface area contributed by atoms with Crippen LogP contribution in [0.3, 0.4) is 0 Å². The van der Waals surface area contributed by atoms with E-state index < -0.39 is 0 Å². The van der Waals surface area contributed by atoms with Crippen molar-refractivity contribution in [2.75, 3.05) is 0 Å². The Kier molecular flexibility index (Phi) is 5.63. The van der Waals surface area contributed by atoms with Gasteiger partial charge in [0.2, 0.25) is 0 Å². The third-order valence-electron chi connectivity index (χ3n) is 6.15. The van der Waals surface area contributed by atoms with Crippen LogP contribution >= 0.6 is 11.8 Å². The Morgan fingerprint density at radius 1 is 0.571 bits per heavy atom. The molecule has 0 N–H and O–H groups in total. The normalized spacial score (nSPS) is 19.5. The maximum Gasteiger partial charge on any atom is 0.0798 e. The van der Waals surface area contributed by atoms with Crippen molar-refractivity contribution in [3.8, 4) is 0 Å². The monoisotopic (exact) mass is 472 g/mol. The van der Waals surface area contributed by atoms with Gasteiger partial charge in [0.05, 0.1) is 45.6 Å². The minimum atomic E-state index is 0.888. The molecule has 5 heteroatoms. The Bertz CT molecular complexity index is 1490. The summed E-state index contributed by atoms with van der Waals surface area (Å²) in [4.78, 5) is 21.7. The average Bonchev–Trinajstić information content (AvgIpc) is 3.65. The molecule has 0 spiro atoms. The molecule has 1 aromatic carbocycles. The van der Waals surface area contributed by atoms with Crippen LogP contribution in [0.2, 0.25) is 0 Å². The van der Waals surface area contributed by atoms with E-state index in [9.17, 15) is 0 Å². The van der Waals surface area contributed by atoms with Crippen LogP contribution in [-0.4, -0.2) is 22.8 Å². The second-order valence-corrected chi connectivity index (χ2v) is 9.66. The molecule has 35 heavy (non-hydrogen) atoms. The lowest BCUT2D eigenvalue weighted by atomic mass is 10.1. The third-order valence-corrected chi connectivity index (χ3v) is 7.43. The van der Waals surface area contributed by atoms with Crippen LogP contribution in [0.4, 0.5) is 0 Å². The van der Waals surface area contributed by atoms with Crippen LogP contribution < -0.4 is 0 Å². The fourth-order valence-corrected chi connectivity index (χ4v) is 5.69. The summed E-state index contributed by atoms with van der Waals surface area (Å²) in [6.07, 6.45) is 24.4. The molecule has 5 heterocycles. The number of nitrogens with zero attached hydrogens (tertiary/aromatic N) is 4. The van der Waals surface area contributed by atoms with Gasteiger partial charge in [-0.1, -0.05) is 43.8 Å². The second-order valence-electron chi connectivity index (χ2n) is 8.61. The quantitative estimate of drug-likeness (QED) is 0.474. The van der Waals surface area contributed by atoms with Crippen molar-refractivity contribution in [3.63, 3.8) is 0 Å². The highest BCUT2D eigenvalue weighted by Gasteiger charge is 2.20. The lowest BCUT2D eigenvalue weighted by Crippen LogP contribution is -1.97. The fraction of sp³-hybridized carbons (Fsp3) is 0.133. The van der Waals surface area contributed by atoms with E-state index in [2.05, 4.69) is 49.2 Å². The van der Waals surface area contributed by atoms with Gasteiger partial charge in [0.25, 0.3) is 0 Å². The smallest absolute Gasteiger partial charge is 0.0798 e. The molecule has 0 fully saturated rings. The van der Waals surface area contributed by atoms with Gasteiger partial charge in [-0.15, -0.1) is 0 Å². The van der Waals surface area contributed by atoms with Gasteiger partial charge in [0.15, 0.2) is 0 Å². The van der Waals surface area contributed by atoms with Crippen molar-refractivity contribution in [2.45, 2.75) is 31.6 Å². The fourth-order valence-electron chi connectivity index (χ4n) is 4.39. The summed E-state index contributed by atoms with van der Waals surface area (Å²) in [5.41, 5.74) is 9.90. The van der Waals surface area contributed by atoms with Gasteiger partial charge < -0.3 is 0 Å². The SMILES string of the molecule is CCc1cccc(CC)c1SC1=CC2=CC3=NC(=CC4=NC(=CC5=NC(=CC1=N2)C=C5)C=C4)C=C3. The van der Waals surface area contributed by atoms with Crippen molar-refractivity contribution in [2.24, 2.45) is 20.0 Å². The zero-order chi connectivity index (χ0) is 23.8. The van der Waals surface area contributed by atoms with Gasteiger partial charge in [-0.3, -0.25) is 0 Å². The van der Waals surface area contributed by atoms with Crippen LogP contribution in [-0.2, 0) is 12.8 Å². The predicted octanol–water partition coefficient (Wildman–Crippen LogP) is 6.82. The summed E-state index contributed by atoms with van der Waals surface area (Å²) >= 11 is 1.81. The van der Waals surface area contributed by atoms with E-state index in [1.165, 1.54) is 16.0 Å². The molecule has 5 aliphatic heterocycles. The number of allylic oxidation sites excluding steroid dienone is 12. The average molecular weight is 473 g/mol. The largest absolute Gasteiger partial charge is 0.249 e. The van der Waals surface area contributed by atoms with Crippen LogP contribution in [0.25, 0.3) is 0 Å². The standard InChI is InChI=1S/C30H24N4S/c1-3-19-6-5-7-20(4-2)30(19)35-29-18-27-16-25-11-10-23(32-25)14-21-8-9-22(31-21)15-24-12-13-26(33-24)17-28(29)34-27/h5-18H,3-4H2,1-2H3. The zero-order valence-corrected chi connectivity index (χ0v) is 20.5. The number of fused-ring (bicyclic) bond motifs is 4. The first-order valence-electron chi connectivity index (χ1n) is 11.9. The van der Waals surface area contributed by atoms with E-state index in [-0.39, 0.29) is 0 Å². The molecule has 8 bridgehead atoms. The molecule has 0 saturated heterocycles. The van der Waals surface area contributed by atoms with E-state index in [4.69, 9.17) is 15.0 Å². The van der Waals surface area contributed by atoms with Crippen molar-refractivity contribution in [1.29, 1.82) is 0 Å². The molecule has 0 amide bonds. The highest BCUT2D eigenvalue weighted by atomic mass is 32.2. The molecule has 0 unspecified atom stereocenters. The van der Waals surface area contributed by atoms with Crippen LogP contribution in [0.1, 0.15) is 25.0 Å². The van der Waals surface area contributed by atoms with Crippen molar-refractivity contribution in [1.82, 2.24) is 0 Å². The van der Waals surface area contributed by atoms with Gasteiger partial charge in [-0.25, -0.2) is 20.0 Å². The highest BCUT2D eigenvalue weighted by Crippen LogP contribution is 2.38. The molecule has 170 valence electrons. The minimum Gasteiger partial charge on any atom is -0.249 e. The second kappa shape index (κ2) is 9.08. The first-order chi connectivity index (χ1) is 17.2. The summed E-state index contributed by atoms with van der Waals surface area (Å²) in [6, 6.07) is 6.62. The molecule has 0 atom stereocenters. The molecule has 6 rings (SSSR count). The van der Waals surface area contributed by atoms with Crippen LogP contribution in [0, 0.1) is 0 Å². The first-order valence-corrected chi connectivity index (χ1v) is 12.7. The van der Waals surface area contributed by atoms with Gasteiger partial charge >= 0.3 is 0 Å². The number of thioether (sulfide) groups is 1. The van der Waals surface area contributed by atoms with E-state index in [0.717, 1.165) is 63.4 Å². The van der Waals surface area contributed by atoms with Gasteiger partial charge in [-0.2, -0.15) is 0 Å². The van der Waals surface area contributed by atoms with Crippen molar-refractivity contribution in [3.05, 3.63) is 124 Å². The zero-order valence-electron chi connectivity index (χ0n) is 19.7. The molecule has 0 saturated carbocycles. The first kappa shape index (κ1) is 21.7. The Morgan fingerprint density at radius 2 is 1.09 bits per heavy atom. The van der Waals surface area contributed by atoms with E-state index in [1.807, 2.05) is 54.7 Å². The summed E-state index contributed by atoms with van der Waals surface area (Å²) in [5, 5.41) is 0. The number of hydrogen-bond donors (Lipinski definition) is 0. The molecule has 1 aromatic rings. The summed E-state index contributed by atoms with van der Waals surface area (Å²) < 4.78 is 0. The van der Waals surface area contributed by atoms with Crippen LogP contribution in [0.5, 0.6) is 0 Å². The lowest BCUT2D eigenvalue weighted by molar-refractivity contribution is 1.01. The molecule has 5 aliphatic rings. The number of benzene rings is 1. The van der Waals surface area contributed by atoms with Crippen LogP contribution in [0.15, 0.2) is 138 Å². The number of rotatable bonds is 4. The maximum atomic E-state index is 4.98. The molecule has 0 aromatic heterocycles. The molecular formula is C30H24N4S. The Labute approximate surface area is 209 Å². The number of aliphatic imine (C=N–C) groups is 4. The van der Waals surface area contributed by atoms with Gasteiger partial charge in [0, 0.05) is 9.80 Å². The van der Waals surface area contributed by atoms with Gasteiger partial charge in [-0.05, 0) is 90.8 Å². The Morgan fingerprint density at radius 3 is 1.63 bits per heavy atom. The number of aryl methyl sites for hydroxylation is 2. The topological polar surface area (TPSA) is 49.4 Å². The molecule has 0 aliphatic carbocycles. The summed E-state index contributed by atoms with van der Waals surface area (Å²) in [7, 11) is 0. The van der Waals surface area contributed by atoms with E-state index in [0.29, 0.717) is 0 Å². The molecule has 4 nitrogen and oxygen atoms in total.